The van der Waals surface area contributed by atoms with Gasteiger partial charge in [-0.05, 0) is 35.4 Å². The molecule has 0 atom stereocenters. The summed E-state index contributed by atoms with van der Waals surface area (Å²) in [5, 5.41) is 0. The quantitative estimate of drug-likeness (QED) is 0.504. The molecule has 22 heavy (non-hydrogen) atoms. The molecule has 112 valence electrons. The minimum absolute atomic E-state index is 0.523. The fourth-order valence-corrected chi connectivity index (χ4v) is 1.85. The first-order valence-electron chi connectivity index (χ1n) is 7.17. The summed E-state index contributed by atoms with van der Waals surface area (Å²) in [7, 11) is 0. The molecule has 2 aromatic carbocycles. The van der Waals surface area contributed by atoms with Crippen molar-refractivity contribution < 1.29 is 9.47 Å². The molecule has 0 aliphatic rings. The predicted molar refractivity (Wildman–Crippen MR) is 93.2 cm³/mol. The van der Waals surface area contributed by atoms with Crippen molar-refractivity contribution >= 4 is 12.2 Å². The normalized spacial score (nSPS) is 10.4. The number of hydrogen-bond donors (Lipinski definition) is 0. The maximum Gasteiger partial charge on any atom is 0.119 e. The van der Waals surface area contributed by atoms with Crippen molar-refractivity contribution in [3.8, 4) is 11.5 Å². The lowest BCUT2D eigenvalue weighted by atomic mass is 10.1. The highest BCUT2D eigenvalue weighted by atomic mass is 16.5. The molecule has 0 aromatic heterocycles. The van der Waals surface area contributed by atoms with Crippen LogP contribution in [0.2, 0.25) is 0 Å². The molecule has 2 nitrogen and oxygen atoms in total. The van der Waals surface area contributed by atoms with Crippen LogP contribution in [0.25, 0.3) is 12.2 Å². The Morgan fingerprint density at radius 2 is 1.00 bits per heavy atom. The molecule has 2 aromatic rings. The van der Waals surface area contributed by atoms with Crippen molar-refractivity contribution in [2.75, 3.05) is 13.2 Å². The van der Waals surface area contributed by atoms with E-state index in [1.54, 1.807) is 12.2 Å². The molecule has 0 spiro atoms. The molecular weight excluding hydrogens is 272 g/mol. The number of ether oxygens (including phenoxy) is 2. The van der Waals surface area contributed by atoms with Crippen molar-refractivity contribution in [2.24, 2.45) is 0 Å². The lowest BCUT2D eigenvalue weighted by Gasteiger charge is -2.03. The maximum absolute atomic E-state index is 5.46. The SMILES string of the molecule is C=CCOc1ccc(C=Cc2ccc(OCC=C)cc2)cc1. The van der Waals surface area contributed by atoms with Gasteiger partial charge in [0.1, 0.15) is 24.7 Å². The van der Waals surface area contributed by atoms with E-state index in [0.29, 0.717) is 13.2 Å². The van der Waals surface area contributed by atoms with Crippen LogP contribution in [0, 0.1) is 0 Å². The predicted octanol–water partition coefficient (Wildman–Crippen LogP) is 4.99. The molecule has 0 aliphatic heterocycles. The van der Waals surface area contributed by atoms with Gasteiger partial charge in [-0.1, -0.05) is 61.7 Å². The second-order valence-electron chi connectivity index (χ2n) is 4.67. The van der Waals surface area contributed by atoms with Crippen LogP contribution in [0.1, 0.15) is 11.1 Å². The van der Waals surface area contributed by atoms with E-state index in [0.717, 1.165) is 22.6 Å². The fraction of sp³-hybridized carbons (Fsp3) is 0.100. The van der Waals surface area contributed by atoms with E-state index >= 15 is 0 Å². The van der Waals surface area contributed by atoms with Crippen molar-refractivity contribution in [3.05, 3.63) is 85.0 Å². The lowest BCUT2D eigenvalue weighted by molar-refractivity contribution is 0.363. The Morgan fingerprint density at radius 3 is 1.32 bits per heavy atom. The van der Waals surface area contributed by atoms with Gasteiger partial charge in [-0.25, -0.2) is 0 Å². The highest BCUT2D eigenvalue weighted by Gasteiger charge is 1.94. The Kier molecular flexibility index (Phi) is 6.06. The highest BCUT2D eigenvalue weighted by molar-refractivity contribution is 5.70. The summed E-state index contributed by atoms with van der Waals surface area (Å²) in [4.78, 5) is 0. The zero-order chi connectivity index (χ0) is 15.6. The van der Waals surface area contributed by atoms with Gasteiger partial charge in [0.05, 0.1) is 0 Å². The summed E-state index contributed by atoms with van der Waals surface area (Å²) >= 11 is 0. The topological polar surface area (TPSA) is 18.5 Å². The molecular formula is C20H20O2. The summed E-state index contributed by atoms with van der Waals surface area (Å²) in [6, 6.07) is 15.9. The van der Waals surface area contributed by atoms with E-state index in [1.165, 1.54) is 0 Å². The number of hydrogen-bond acceptors (Lipinski definition) is 2. The van der Waals surface area contributed by atoms with Crippen molar-refractivity contribution in [1.29, 1.82) is 0 Å². The Morgan fingerprint density at radius 1 is 0.636 bits per heavy atom. The highest BCUT2D eigenvalue weighted by Crippen LogP contribution is 2.16. The molecule has 2 rings (SSSR count). The molecule has 0 saturated carbocycles. The smallest absolute Gasteiger partial charge is 0.119 e. The summed E-state index contributed by atoms with van der Waals surface area (Å²) in [6.45, 7) is 8.30. The van der Waals surface area contributed by atoms with E-state index in [-0.39, 0.29) is 0 Å². The third-order valence-electron chi connectivity index (χ3n) is 2.96. The van der Waals surface area contributed by atoms with Crippen LogP contribution in [0.15, 0.2) is 73.8 Å². The Balaban J connectivity index is 1.95. The van der Waals surface area contributed by atoms with E-state index < -0.39 is 0 Å². The number of rotatable bonds is 8. The first-order chi connectivity index (χ1) is 10.8. The van der Waals surface area contributed by atoms with E-state index in [4.69, 9.17) is 9.47 Å². The lowest BCUT2D eigenvalue weighted by Crippen LogP contribution is -1.92. The Bertz CT molecular complexity index is 564. The summed E-state index contributed by atoms with van der Waals surface area (Å²) < 4.78 is 10.9. The van der Waals surface area contributed by atoms with Crippen LogP contribution in [0.4, 0.5) is 0 Å². The molecule has 0 aliphatic carbocycles. The molecule has 0 N–H and O–H groups in total. The van der Waals surface area contributed by atoms with Crippen LogP contribution in [-0.2, 0) is 0 Å². The standard InChI is InChI=1S/C20H20O2/c1-3-15-21-19-11-7-17(8-12-19)5-6-18-9-13-20(14-10-18)22-16-4-2/h3-14H,1-2,15-16H2. The molecule has 0 saturated heterocycles. The van der Waals surface area contributed by atoms with Gasteiger partial charge >= 0.3 is 0 Å². The molecule has 0 radical (unpaired) electrons. The van der Waals surface area contributed by atoms with Crippen LogP contribution < -0.4 is 9.47 Å². The third-order valence-corrected chi connectivity index (χ3v) is 2.96. The second-order valence-corrected chi connectivity index (χ2v) is 4.67. The van der Waals surface area contributed by atoms with Crippen molar-refractivity contribution in [2.45, 2.75) is 0 Å². The van der Waals surface area contributed by atoms with Crippen molar-refractivity contribution in [3.63, 3.8) is 0 Å². The average molecular weight is 292 g/mol. The van der Waals surface area contributed by atoms with Crippen LogP contribution >= 0.6 is 0 Å². The minimum atomic E-state index is 0.523. The van der Waals surface area contributed by atoms with Crippen LogP contribution in [-0.4, -0.2) is 13.2 Å². The van der Waals surface area contributed by atoms with Gasteiger partial charge in [-0.2, -0.15) is 0 Å². The zero-order valence-electron chi connectivity index (χ0n) is 12.6. The summed E-state index contributed by atoms with van der Waals surface area (Å²) in [5.41, 5.74) is 2.25. The summed E-state index contributed by atoms with van der Waals surface area (Å²) in [5.74, 6) is 1.70. The van der Waals surface area contributed by atoms with Gasteiger partial charge in [0.25, 0.3) is 0 Å². The van der Waals surface area contributed by atoms with Crippen molar-refractivity contribution in [1.82, 2.24) is 0 Å². The van der Waals surface area contributed by atoms with Gasteiger partial charge in [-0.15, -0.1) is 0 Å². The fourth-order valence-electron chi connectivity index (χ4n) is 1.85. The van der Waals surface area contributed by atoms with Crippen LogP contribution in [0.5, 0.6) is 11.5 Å². The van der Waals surface area contributed by atoms with Crippen LogP contribution in [0.3, 0.4) is 0 Å². The Hall–Kier alpha value is -2.74. The van der Waals surface area contributed by atoms with Gasteiger partial charge in [-0.3, -0.25) is 0 Å². The molecule has 0 amide bonds. The number of benzene rings is 2. The molecule has 0 heterocycles. The molecule has 0 bridgehead atoms. The second kappa shape index (κ2) is 8.53. The van der Waals surface area contributed by atoms with E-state index in [1.807, 2.05) is 48.5 Å². The molecule has 0 fully saturated rings. The van der Waals surface area contributed by atoms with E-state index in [2.05, 4.69) is 25.3 Å². The largest absolute Gasteiger partial charge is 0.490 e. The average Bonchev–Trinajstić information content (AvgIpc) is 2.58. The molecule has 0 unspecified atom stereocenters. The monoisotopic (exact) mass is 292 g/mol. The first-order valence-corrected chi connectivity index (χ1v) is 7.17. The van der Waals surface area contributed by atoms with Gasteiger partial charge in [0.2, 0.25) is 0 Å². The van der Waals surface area contributed by atoms with Gasteiger partial charge < -0.3 is 9.47 Å². The van der Waals surface area contributed by atoms with Gasteiger partial charge in [0, 0.05) is 0 Å². The maximum atomic E-state index is 5.46. The molecule has 2 heteroatoms. The first kappa shape index (κ1) is 15.6. The zero-order valence-corrected chi connectivity index (χ0v) is 12.6. The Labute approximate surface area is 132 Å². The van der Waals surface area contributed by atoms with Gasteiger partial charge in [0.15, 0.2) is 0 Å². The minimum Gasteiger partial charge on any atom is -0.490 e. The third kappa shape index (κ3) is 4.98. The summed E-state index contributed by atoms with van der Waals surface area (Å²) in [6.07, 6.45) is 7.60. The van der Waals surface area contributed by atoms with E-state index in [9.17, 15) is 0 Å².